The molecule has 92 valence electrons. The number of allylic oxidation sites excluding steroid dienone is 1. The van der Waals surface area contributed by atoms with E-state index in [-0.39, 0.29) is 5.78 Å². The fourth-order valence-electron chi connectivity index (χ4n) is 1.47. The van der Waals surface area contributed by atoms with E-state index in [0.29, 0.717) is 15.6 Å². The molecule has 0 bridgehead atoms. The minimum atomic E-state index is -0.169. The molecule has 1 aromatic heterocycles. The Hall–Kier alpha value is -1.58. The lowest BCUT2D eigenvalue weighted by Gasteiger charge is -2.00. The first-order valence-electron chi connectivity index (χ1n) is 5.21. The van der Waals surface area contributed by atoms with Crippen molar-refractivity contribution in [2.24, 2.45) is 7.05 Å². The molecule has 0 unspecified atom stereocenters. The minimum Gasteiger partial charge on any atom is -0.334 e. The van der Waals surface area contributed by atoms with Gasteiger partial charge in [-0.2, -0.15) is 0 Å². The molecule has 18 heavy (non-hydrogen) atoms. The lowest BCUT2D eigenvalue weighted by atomic mass is 10.1. The molecule has 0 spiro atoms. The molecule has 2 rings (SSSR count). The zero-order valence-corrected chi connectivity index (χ0v) is 11.1. The quantitative estimate of drug-likeness (QED) is 0.636. The molecule has 0 N–H and O–H groups in total. The van der Waals surface area contributed by atoms with E-state index in [9.17, 15) is 4.79 Å². The maximum Gasteiger partial charge on any atom is 0.187 e. The van der Waals surface area contributed by atoms with Crippen molar-refractivity contribution in [3.05, 3.63) is 58.1 Å². The van der Waals surface area contributed by atoms with Crippen molar-refractivity contribution in [3.63, 3.8) is 0 Å². The molecular formula is C13H10Cl2N2O. The zero-order chi connectivity index (χ0) is 13.1. The van der Waals surface area contributed by atoms with Crippen LogP contribution in [0.3, 0.4) is 0 Å². The van der Waals surface area contributed by atoms with Crippen LogP contribution in [0.4, 0.5) is 0 Å². The highest BCUT2D eigenvalue weighted by molar-refractivity contribution is 6.37. The van der Waals surface area contributed by atoms with Crippen LogP contribution < -0.4 is 0 Å². The molecule has 3 nitrogen and oxygen atoms in total. The van der Waals surface area contributed by atoms with Crippen molar-refractivity contribution >= 4 is 35.1 Å². The Labute approximate surface area is 115 Å². The van der Waals surface area contributed by atoms with Gasteiger partial charge in [0.1, 0.15) is 0 Å². The number of halogens is 2. The monoisotopic (exact) mass is 280 g/mol. The van der Waals surface area contributed by atoms with Crippen molar-refractivity contribution < 1.29 is 4.79 Å². The Morgan fingerprint density at radius 3 is 2.78 bits per heavy atom. The number of rotatable bonds is 3. The first-order chi connectivity index (χ1) is 8.58. The number of aryl methyl sites for hydroxylation is 1. The van der Waals surface area contributed by atoms with Gasteiger partial charge < -0.3 is 4.57 Å². The van der Waals surface area contributed by atoms with Crippen LogP contribution >= 0.6 is 23.2 Å². The van der Waals surface area contributed by atoms with Gasteiger partial charge in [-0.3, -0.25) is 4.79 Å². The molecule has 1 heterocycles. The van der Waals surface area contributed by atoms with E-state index in [0.717, 1.165) is 5.69 Å². The molecule has 0 radical (unpaired) electrons. The minimum absolute atomic E-state index is 0.169. The summed E-state index contributed by atoms with van der Waals surface area (Å²) in [5.74, 6) is -0.169. The molecule has 0 saturated carbocycles. The van der Waals surface area contributed by atoms with E-state index >= 15 is 0 Å². The molecule has 0 aliphatic rings. The number of nitrogens with zero attached hydrogens (tertiary/aromatic N) is 2. The van der Waals surface area contributed by atoms with Gasteiger partial charge in [0, 0.05) is 17.6 Å². The zero-order valence-electron chi connectivity index (χ0n) is 9.60. The van der Waals surface area contributed by atoms with Crippen LogP contribution in [-0.4, -0.2) is 15.3 Å². The first kappa shape index (κ1) is 12.9. The van der Waals surface area contributed by atoms with E-state index in [2.05, 4.69) is 4.98 Å². The van der Waals surface area contributed by atoms with Crippen LogP contribution in [-0.2, 0) is 7.05 Å². The summed E-state index contributed by atoms with van der Waals surface area (Å²) in [5, 5.41) is 0.856. The SMILES string of the molecule is Cn1cncc1/C=C/C(=O)c1ccc(Cl)cc1Cl. The summed E-state index contributed by atoms with van der Waals surface area (Å²) in [5.41, 5.74) is 1.27. The van der Waals surface area contributed by atoms with Crippen molar-refractivity contribution in [3.8, 4) is 0 Å². The highest BCUT2D eigenvalue weighted by Crippen LogP contribution is 2.21. The second-order valence-electron chi connectivity index (χ2n) is 3.75. The Kier molecular flexibility index (Phi) is 3.84. The average Bonchev–Trinajstić information content (AvgIpc) is 2.72. The highest BCUT2D eigenvalue weighted by atomic mass is 35.5. The summed E-state index contributed by atoms with van der Waals surface area (Å²) in [6, 6.07) is 4.80. The third kappa shape index (κ3) is 2.81. The van der Waals surface area contributed by atoms with E-state index in [1.807, 2.05) is 11.6 Å². The third-order valence-corrected chi connectivity index (χ3v) is 3.00. The third-order valence-electron chi connectivity index (χ3n) is 2.46. The number of benzene rings is 1. The molecule has 0 fully saturated rings. The lowest BCUT2D eigenvalue weighted by molar-refractivity contribution is 0.104. The van der Waals surface area contributed by atoms with Crippen LogP contribution in [0.2, 0.25) is 10.0 Å². The van der Waals surface area contributed by atoms with Crippen molar-refractivity contribution in [2.75, 3.05) is 0 Å². The Balaban J connectivity index is 2.22. The molecule has 1 aromatic carbocycles. The van der Waals surface area contributed by atoms with Gasteiger partial charge in [-0.1, -0.05) is 23.2 Å². The number of hydrogen-bond acceptors (Lipinski definition) is 2. The molecule has 0 aliphatic heterocycles. The maximum atomic E-state index is 11.9. The Morgan fingerprint density at radius 2 is 2.17 bits per heavy atom. The lowest BCUT2D eigenvalue weighted by Crippen LogP contribution is -1.96. The number of imidazole rings is 1. The molecule has 5 heteroatoms. The summed E-state index contributed by atoms with van der Waals surface area (Å²) in [6.07, 6.45) is 6.50. The van der Waals surface area contributed by atoms with Gasteiger partial charge in [-0.05, 0) is 30.4 Å². The van der Waals surface area contributed by atoms with Crippen LogP contribution in [0, 0.1) is 0 Å². The van der Waals surface area contributed by atoms with Gasteiger partial charge in [-0.25, -0.2) is 4.98 Å². The number of carbonyl (C=O) groups is 1. The summed E-state index contributed by atoms with van der Waals surface area (Å²) >= 11 is 11.7. The molecule has 0 atom stereocenters. The normalized spacial score (nSPS) is 11.1. The molecule has 0 aliphatic carbocycles. The van der Waals surface area contributed by atoms with Gasteiger partial charge in [-0.15, -0.1) is 0 Å². The van der Waals surface area contributed by atoms with Gasteiger partial charge in [0.15, 0.2) is 5.78 Å². The molecule has 2 aromatic rings. The number of carbonyl (C=O) groups excluding carboxylic acids is 1. The fourth-order valence-corrected chi connectivity index (χ4v) is 1.97. The van der Waals surface area contributed by atoms with Crippen LogP contribution in [0.15, 0.2) is 36.8 Å². The van der Waals surface area contributed by atoms with Crippen LogP contribution in [0.25, 0.3) is 6.08 Å². The highest BCUT2D eigenvalue weighted by Gasteiger charge is 2.07. The number of ketones is 1. The van der Waals surface area contributed by atoms with Crippen LogP contribution in [0.5, 0.6) is 0 Å². The van der Waals surface area contributed by atoms with Crippen molar-refractivity contribution in [1.82, 2.24) is 9.55 Å². The Bertz CT molecular complexity index is 617. The summed E-state index contributed by atoms with van der Waals surface area (Å²) in [7, 11) is 1.85. The predicted molar refractivity (Wildman–Crippen MR) is 73.0 cm³/mol. The topological polar surface area (TPSA) is 34.9 Å². The largest absolute Gasteiger partial charge is 0.334 e. The fraction of sp³-hybridized carbons (Fsp3) is 0.0769. The van der Waals surface area contributed by atoms with Crippen LogP contribution in [0.1, 0.15) is 16.1 Å². The van der Waals surface area contributed by atoms with E-state index in [1.165, 1.54) is 6.08 Å². The van der Waals surface area contributed by atoms with E-state index in [4.69, 9.17) is 23.2 Å². The maximum absolute atomic E-state index is 11.9. The Morgan fingerprint density at radius 1 is 1.39 bits per heavy atom. The van der Waals surface area contributed by atoms with Gasteiger partial charge in [0.25, 0.3) is 0 Å². The average molecular weight is 281 g/mol. The van der Waals surface area contributed by atoms with Crippen molar-refractivity contribution in [1.29, 1.82) is 0 Å². The first-order valence-corrected chi connectivity index (χ1v) is 5.97. The summed E-state index contributed by atoms with van der Waals surface area (Å²) in [4.78, 5) is 15.9. The van der Waals surface area contributed by atoms with Crippen molar-refractivity contribution in [2.45, 2.75) is 0 Å². The standard InChI is InChI=1S/C13H10Cl2N2O/c1-17-8-16-7-10(17)3-5-13(18)11-4-2-9(14)6-12(11)15/h2-8H,1H3/b5-3+. The van der Waals surface area contributed by atoms with Gasteiger partial charge in [0.05, 0.1) is 23.2 Å². The smallest absolute Gasteiger partial charge is 0.187 e. The number of hydrogen-bond donors (Lipinski definition) is 0. The predicted octanol–water partition coefficient (Wildman–Crippen LogP) is 3.62. The van der Waals surface area contributed by atoms with E-state index < -0.39 is 0 Å². The molecule has 0 saturated heterocycles. The van der Waals surface area contributed by atoms with Gasteiger partial charge in [0.2, 0.25) is 0 Å². The van der Waals surface area contributed by atoms with E-state index in [1.54, 1.807) is 36.8 Å². The molecule has 0 amide bonds. The summed E-state index contributed by atoms with van der Waals surface area (Å²) < 4.78 is 1.81. The molecular weight excluding hydrogens is 271 g/mol. The van der Waals surface area contributed by atoms with Gasteiger partial charge >= 0.3 is 0 Å². The summed E-state index contributed by atoms with van der Waals surface area (Å²) in [6.45, 7) is 0. The number of aromatic nitrogens is 2. The second-order valence-corrected chi connectivity index (χ2v) is 4.59. The second kappa shape index (κ2) is 5.38.